The molecule has 0 unspecified atom stereocenters. The van der Waals surface area contributed by atoms with Crippen LogP contribution >= 0.6 is 0 Å². The molecule has 1 saturated heterocycles. The summed E-state index contributed by atoms with van der Waals surface area (Å²) in [4.78, 5) is 0. The molecule has 0 radical (unpaired) electrons. The maximum absolute atomic E-state index is 6.71. The van der Waals surface area contributed by atoms with E-state index in [1.807, 2.05) is 52.4 Å². The van der Waals surface area contributed by atoms with Crippen LogP contribution in [0.4, 0.5) is 0 Å². The van der Waals surface area contributed by atoms with Gasteiger partial charge in [0.15, 0.2) is 0 Å². The lowest BCUT2D eigenvalue weighted by molar-refractivity contribution is 0.0715. The fraction of sp³-hybridized carbons (Fsp3) is 1.00. The van der Waals surface area contributed by atoms with Crippen molar-refractivity contribution in [3.8, 4) is 0 Å². The zero-order valence-electron chi connectivity index (χ0n) is 24.9. The largest absolute Gasteiger partial charge is 0.474 e. The summed E-state index contributed by atoms with van der Waals surface area (Å²) >= 11 is 0. The Kier molecular flexibility index (Phi) is 11.8. The minimum atomic E-state index is -3.56. The van der Waals surface area contributed by atoms with Gasteiger partial charge in [-0.25, -0.2) is 0 Å². The highest BCUT2D eigenvalue weighted by molar-refractivity contribution is 6.94. The van der Waals surface area contributed by atoms with E-state index >= 15 is 0 Å². The van der Waals surface area contributed by atoms with E-state index in [1.165, 1.54) is 0 Å². The summed E-state index contributed by atoms with van der Waals surface area (Å²) < 4.78 is 75.5. The van der Waals surface area contributed by atoms with Crippen LogP contribution in [0.3, 0.4) is 0 Å². The molecular formula is C16H48O12Si8. The van der Waals surface area contributed by atoms with Gasteiger partial charge < -0.3 is 50.6 Å². The first-order chi connectivity index (χ1) is 15.9. The summed E-state index contributed by atoms with van der Waals surface area (Å²) in [5, 5.41) is 0. The molecular weight excluding hydrogens is 609 g/mol. The molecule has 0 N–H and O–H groups in total. The quantitative estimate of drug-likeness (QED) is 0.285. The average molecular weight is 657 g/mol. The van der Waals surface area contributed by atoms with Gasteiger partial charge in [0.1, 0.15) is 0 Å². The molecule has 12 nitrogen and oxygen atoms in total. The summed E-state index contributed by atoms with van der Waals surface area (Å²) in [6.07, 6.45) is 0. The van der Waals surface area contributed by atoms with E-state index in [9.17, 15) is 0 Å². The molecule has 1 heterocycles. The summed E-state index contributed by atoms with van der Waals surface area (Å²) in [6.45, 7) is 22.4. The summed E-state index contributed by atoms with van der Waals surface area (Å²) in [7, 11) is -18.4. The van der Waals surface area contributed by atoms with Gasteiger partial charge in [0.25, 0.3) is 0 Å². The zero-order chi connectivity index (χ0) is 28.5. The lowest BCUT2D eigenvalue weighted by atomic mass is 11.8. The molecule has 0 aromatic heterocycles. The van der Waals surface area contributed by atoms with Crippen LogP contribution in [0, 0.1) is 0 Å². The van der Waals surface area contributed by atoms with Gasteiger partial charge in [0, 0.05) is 54.6 Å². The molecule has 1 aliphatic heterocycles. The Morgan fingerprint density at radius 2 is 0.500 bits per heavy atom. The third-order valence-corrected chi connectivity index (χ3v) is 34.8. The lowest BCUT2D eigenvalue weighted by Gasteiger charge is -2.50. The molecule has 216 valence electrons. The molecule has 0 spiro atoms. The summed E-state index contributed by atoms with van der Waals surface area (Å²) in [5.74, 6) is 0. The van der Waals surface area contributed by atoms with E-state index in [2.05, 4.69) is 0 Å². The summed E-state index contributed by atoms with van der Waals surface area (Å²) in [5.41, 5.74) is 0. The molecule has 0 aromatic carbocycles. The Morgan fingerprint density at radius 1 is 0.361 bits per heavy atom. The van der Waals surface area contributed by atoms with E-state index in [4.69, 9.17) is 50.6 Å². The van der Waals surface area contributed by atoms with E-state index in [1.54, 1.807) is 54.6 Å². The van der Waals surface area contributed by atoms with Crippen LogP contribution in [0.15, 0.2) is 0 Å². The molecule has 0 aliphatic carbocycles. The predicted molar refractivity (Wildman–Crippen MR) is 153 cm³/mol. The van der Waals surface area contributed by atoms with Gasteiger partial charge >= 0.3 is 69.5 Å². The molecule has 0 saturated carbocycles. The van der Waals surface area contributed by atoms with E-state index < -0.39 is 69.5 Å². The normalized spacial score (nSPS) is 33.3. The second-order valence-electron chi connectivity index (χ2n) is 10.7. The fourth-order valence-corrected chi connectivity index (χ4v) is 36.4. The standard InChI is InChI=1S/C16H48O12Si8/c1-17-29(5,6)21-33(13)25-34(14,22-30(7,8)18-2)27-36(16,24-32(11,12)20-4)28-35(15,26-33)23-31(9,10)19-3/h1-16H3. The van der Waals surface area contributed by atoms with Crippen molar-refractivity contribution in [1.29, 1.82) is 0 Å². The van der Waals surface area contributed by atoms with Gasteiger partial charge in [-0.15, -0.1) is 0 Å². The third-order valence-electron chi connectivity index (χ3n) is 5.17. The van der Waals surface area contributed by atoms with Crippen molar-refractivity contribution in [3.63, 3.8) is 0 Å². The Balaban J connectivity index is 3.72. The van der Waals surface area contributed by atoms with Crippen LogP contribution in [0.1, 0.15) is 0 Å². The van der Waals surface area contributed by atoms with Gasteiger partial charge in [0.05, 0.1) is 0 Å². The van der Waals surface area contributed by atoms with Gasteiger partial charge in [-0.1, -0.05) is 0 Å². The fourth-order valence-electron chi connectivity index (χ4n) is 3.55. The third kappa shape index (κ3) is 11.0. The van der Waals surface area contributed by atoms with Crippen molar-refractivity contribution in [2.24, 2.45) is 0 Å². The smallest absolute Gasteiger partial charge is 0.398 e. The Labute approximate surface area is 226 Å². The lowest BCUT2D eigenvalue weighted by Crippen LogP contribution is -2.74. The maximum atomic E-state index is 6.71. The topological polar surface area (TPSA) is 111 Å². The van der Waals surface area contributed by atoms with Crippen molar-refractivity contribution in [3.05, 3.63) is 0 Å². The Bertz CT molecular complexity index is 612. The molecule has 36 heavy (non-hydrogen) atoms. The first kappa shape index (κ1) is 35.3. The molecule has 0 aromatic rings. The van der Waals surface area contributed by atoms with Crippen LogP contribution in [0.2, 0.25) is 78.6 Å². The average Bonchev–Trinajstić information content (AvgIpc) is 2.63. The highest BCUT2D eigenvalue weighted by Crippen LogP contribution is 2.37. The monoisotopic (exact) mass is 656 g/mol. The molecule has 0 atom stereocenters. The molecule has 1 aliphatic rings. The van der Waals surface area contributed by atoms with Gasteiger partial charge in [-0.2, -0.15) is 0 Å². The minimum Gasteiger partial charge on any atom is -0.398 e. The Hall–Kier alpha value is 1.26. The molecule has 0 bridgehead atoms. The maximum Gasteiger partial charge on any atom is 0.474 e. The first-order valence-electron chi connectivity index (χ1n) is 11.7. The van der Waals surface area contributed by atoms with Crippen LogP contribution in [-0.2, 0) is 50.6 Å². The van der Waals surface area contributed by atoms with E-state index in [-0.39, 0.29) is 0 Å². The van der Waals surface area contributed by atoms with Gasteiger partial charge in [-0.3, -0.25) is 0 Å². The van der Waals surface area contributed by atoms with Crippen molar-refractivity contribution < 1.29 is 50.6 Å². The first-order valence-corrected chi connectivity index (χ1v) is 31.9. The van der Waals surface area contributed by atoms with Crippen LogP contribution in [0.25, 0.3) is 0 Å². The number of rotatable bonds is 12. The van der Waals surface area contributed by atoms with E-state index in [0.717, 1.165) is 0 Å². The second-order valence-corrected chi connectivity index (χ2v) is 36.9. The highest BCUT2D eigenvalue weighted by Gasteiger charge is 2.66. The van der Waals surface area contributed by atoms with Gasteiger partial charge in [0.2, 0.25) is 0 Å². The molecule has 20 heteroatoms. The van der Waals surface area contributed by atoms with E-state index in [0.29, 0.717) is 0 Å². The van der Waals surface area contributed by atoms with Crippen molar-refractivity contribution in [2.45, 2.75) is 78.6 Å². The predicted octanol–water partition coefficient (Wildman–Crippen LogP) is 3.80. The van der Waals surface area contributed by atoms with Crippen molar-refractivity contribution >= 4 is 69.5 Å². The SMILES string of the molecule is CO[Si](C)(C)O[Si]1(C)O[Si](C)(O[Si](C)(C)OC)O[Si](C)(O[Si](C)(C)OC)O[Si](C)(O[Si](C)(C)OC)O1. The van der Waals surface area contributed by atoms with Crippen LogP contribution in [0.5, 0.6) is 0 Å². The van der Waals surface area contributed by atoms with Gasteiger partial charge in [-0.05, 0) is 52.4 Å². The van der Waals surface area contributed by atoms with Crippen molar-refractivity contribution in [2.75, 3.05) is 28.4 Å². The minimum absolute atomic E-state index is 1.61. The second kappa shape index (κ2) is 12.0. The Morgan fingerprint density at radius 3 is 0.611 bits per heavy atom. The molecule has 1 fully saturated rings. The van der Waals surface area contributed by atoms with Crippen molar-refractivity contribution in [1.82, 2.24) is 0 Å². The highest BCUT2D eigenvalue weighted by atomic mass is 28.6. The molecule has 1 rings (SSSR count). The number of hydrogen-bond donors (Lipinski definition) is 0. The van der Waals surface area contributed by atoms with Crippen LogP contribution < -0.4 is 0 Å². The summed E-state index contributed by atoms with van der Waals surface area (Å²) in [6, 6.07) is 0. The number of hydrogen-bond acceptors (Lipinski definition) is 12. The van der Waals surface area contributed by atoms with Crippen LogP contribution in [-0.4, -0.2) is 97.9 Å². The molecule has 0 amide bonds. The zero-order valence-corrected chi connectivity index (χ0v) is 32.9.